The molecule has 0 spiro atoms. The highest BCUT2D eigenvalue weighted by Gasteiger charge is 2.15. The van der Waals surface area contributed by atoms with Gasteiger partial charge in [-0.3, -0.25) is 4.98 Å². The van der Waals surface area contributed by atoms with E-state index in [4.69, 9.17) is 0 Å². The number of fused-ring (bicyclic) bond motifs is 1. The van der Waals surface area contributed by atoms with Gasteiger partial charge in [0.2, 0.25) is 0 Å². The van der Waals surface area contributed by atoms with Gasteiger partial charge in [0.1, 0.15) is 0 Å². The number of hydrogen-bond donors (Lipinski definition) is 1. The smallest absolute Gasteiger partial charge is 0.0570 e. The first kappa shape index (κ1) is 13.3. The number of pyridine rings is 1. The fourth-order valence-corrected chi connectivity index (χ4v) is 3.05. The second-order valence-electron chi connectivity index (χ2n) is 5.75. The molecule has 104 valence electrons. The van der Waals surface area contributed by atoms with Crippen LogP contribution in [0.15, 0.2) is 42.6 Å². The van der Waals surface area contributed by atoms with Gasteiger partial charge in [-0.1, -0.05) is 24.3 Å². The molecule has 1 unspecified atom stereocenters. The van der Waals surface area contributed by atoms with Crippen molar-refractivity contribution in [3.63, 3.8) is 0 Å². The van der Waals surface area contributed by atoms with E-state index >= 15 is 0 Å². The van der Waals surface area contributed by atoms with E-state index in [-0.39, 0.29) is 6.04 Å². The van der Waals surface area contributed by atoms with Crippen LogP contribution in [0.1, 0.15) is 54.7 Å². The third-order valence-corrected chi connectivity index (χ3v) is 4.25. The molecule has 1 aliphatic rings. The minimum Gasteiger partial charge on any atom is -0.302 e. The number of hydrogen-bond acceptors (Lipinski definition) is 2. The van der Waals surface area contributed by atoms with Gasteiger partial charge in [-0.15, -0.1) is 0 Å². The molecule has 0 bridgehead atoms. The maximum absolute atomic E-state index is 4.42. The zero-order chi connectivity index (χ0) is 13.9. The maximum Gasteiger partial charge on any atom is 0.0570 e. The molecule has 0 amide bonds. The lowest BCUT2D eigenvalue weighted by atomic mass is 10.0. The highest BCUT2D eigenvalue weighted by Crippen LogP contribution is 2.26. The molecule has 0 aliphatic heterocycles. The minimum atomic E-state index is 0.263. The molecule has 1 heterocycles. The van der Waals surface area contributed by atoms with Gasteiger partial charge in [0.05, 0.1) is 5.69 Å². The van der Waals surface area contributed by atoms with Gasteiger partial charge in [-0.05, 0) is 61.9 Å². The fourth-order valence-electron chi connectivity index (χ4n) is 3.05. The topological polar surface area (TPSA) is 24.9 Å². The summed E-state index contributed by atoms with van der Waals surface area (Å²) < 4.78 is 0. The van der Waals surface area contributed by atoms with Crippen LogP contribution in [0.4, 0.5) is 0 Å². The van der Waals surface area contributed by atoms with Gasteiger partial charge in [0.25, 0.3) is 0 Å². The van der Waals surface area contributed by atoms with Gasteiger partial charge in [0.15, 0.2) is 0 Å². The van der Waals surface area contributed by atoms with Crippen LogP contribution in [0.2, 0.25) is 0 Å². The Balaban J connectivity index is 1.71. The lowest BCUT2D eigenvalue weighted by molar-refractivity contribution is 0.486. The van der Waals surface area contributed by atoms with Gasteiger partial charge in [0, 0.05) is 18.3 Å². The summed E-state index contributed by atoms with van der Waals surface area (Å²) in [5.74, 6) is 0. The van der Waals surface area contributed by atoms with Gasteiger partial charge in [-0.2, -0.15) is 0 Å². The Labute approximate surface area is 121 Å². The molecule has 1 aliphatic carbocycles. The third-order valence-electron chi connectivity index (χ3n) is 4.25. The Bertz CT molecular complexity index is 577. The van der Waals surface area contributed by atoms with Crippen molar-refractivity contribution in [2.45, 2.75) is 45.2 Å². The SMILES string of the molecule is CC(N[C@H](C)c1ccccn1)c1ccc2c(c1)CCC2. The molecule has 2 atom stereocenters. The molecule has 20 heavy (non-hydrogen) atoms. The van der Waals surface area contributed by atoms with Crippen molar-refractivity contribution in [3.8, 4) is 0 Å². The number of rotatable bonds is 4. The summed E-state index contributed by atoms with van der Waals surface area (Å²) in [6.07, 6.45) is 5.66. The first-order chi connectivity index (χ1) is 9.74. The largest absolute Gasteiger partial charge is 0.302 e. The first-order valence-electron chi connectivity index (χ1n) is 7.53. The number of nitrogens with zero attached hydrogens (tertiary/aromatic N) is 1. The Morgan fingerprint density at radius 1 is 1.00 bits per heavy atom. The van der Waals surface area contributed by atoms with E-state index in [0.717, 1.165) is 5.69 Å². The zero-order valence-electron chi connectivity index (χ0n) is 12.3. The maximum atomic E-state index is 4.42. The highest BCUT2D eigenvalue weighted by molar-refractivity contribution is 5.36. The van der Waals surface area contributed by atoms with Crippen LogP contribution in [0.25, 0.3) is 0 Å². The summed E-state index contributed by atoms with van der Waals surface area (Å²) in [7, 11) is 0. The van der Waals surface area contributed by atoms with E-state index in [1.165, 1.54) is 24.8 Å². The third kappa shape index (κ3) is 2.75. The molecule has 2 nitrogen and oxygen atoms in total. The van der Waals surface area contributed by atoms with E-state index in [0.29, 0.717) is 6.04 Å². The number of aromatic nitrogens is 1. The summed E-state index contributed by atoms with van der Waals surface area (Å²) in [4.78, 5) is 4.42. The lowest BCUT2D eigenvalue weighted by Crippen LogP contribution is -2.23. The molecule has 3 rings (SSSR count). The van der Waals surface area contributed by atoms with Crippen LogP contribution in [0, 0.1) is 0 Å². The van der Waals surface area contributed by atoms with E-state index in [9.17, 15) is 0 Å². The number of nitrogens with one attached hydrogen (secondary N) is 1. The number of benzene rings is 1. The molecule has 0 saturated carbocycles. The molecule has 1 aromatic carbocycles. The van der Waals surface area contributed by atoms with Gasteiger partial charge < -0.3 is 5.32 Å². The predicted molar refractivity (Wildman–Crippen MR) is 82.7 cm³/mol. The van der Waals surface area contributed by atoms with Crippen LogP contribution in [0.5, 0.6) is 0 Å². The monoisotopic (exact) mass is 266 g/mol. The molecular formula is C18H22N2. The summed E-state index contributed by atoms with van der Waals surface area (Å²) in [5, 5.41) is 3.64. The van der Waals surface area contributed by atoms with Crippen LogP contribution in [-0.2, 0) is 12.8 Å². The quantitative estimate of drug-likeness (QED) is 0.905. The van der Waals surface area contributed by atoms with E-state index < -0.39 is 0 Å². The Hall–Kier alpha value is -1.67. The van der Waals surface area contributed by atoms with Crippen molar-refractivity contribution in [2.24, 2.45) is 0 Å². The molecule has 0 saturated heterocycles. The summed E-state index contributed by atoms with van der Waals surface area (Å²) >= 11 is 0. The van der Waals surface area contributed by atoms with E-state index in [1.54, 1.807) is 11.1 Å². The second-order valence-corrected chi connectivity index (χ2v) is 5.75. The molecule has 2 heteroatoms. The standard InChI is InChI=1S/C18H22N2/c1-13(20-14(2)18-8-3-4-11-19-18)16-10-9-15-6-5-7-17(15)12-16/h3-4,8-14,20H,5-7H2,1-2H3/t13?,14-/m1/s1. The van der Waals surface area contributed by atoms with Crippen molar-refractivity contribution in [1.82, 2.24) is 10.3 Å². The van der Waals surface area contributed by atoms with Gasteiger partial charge >= 0.3 is 0 Å². The predicted octanol–water partition coefficient (Wildman–Crippen LogP) is 3.98. The molecule has 2 aromatic rings. The Kier molecular flexibility index (Phi) is 3.83. The van der Waals surface area contributed by atoms with Crippen LogP contribution >= 0.6 is 0 Å². The average Bonchev–Trinajstić information content (AvgIpc) is 2.95. The lowest BCUT2D eigenvalue weighted by Gasteiger charge is -2.20. The molecule has 0 radical (unpaired) electrons. The van der Waals surface area contributed by atoms with Crippen molar-refractivity contribution >= 4 is 0 Å². The normalized spacial score (nSPS) is 16.7. The second kappa shape index (κ2) is 5.76. The van der Waals surface area contributed by atoms with Gasteiger partial charge in [-0.25, -0.2) is 0 Å². The first-order valence-corrected chi connectivity index (χ1v) is 7.53. The summed E-state index contributed by atoms with van der Waals surface area (Å²) in [6, 6.07) is 13.6. The average molecular weight is 266 g/mol. The molecule has 1 N–H and O–H groups in total. The number of aryl methyl sites for hydroxylation is 2. The van der Waals surface area contributed by atoms with Crippen LogP contribution in [-0.4, -0.2) is 4.98 Å². The summed E-state index contributed by atoms with van der Waals surface area (Å²) in [5.41, 5.74) is 5.56. The van der Waals surface area contributed by atoms with Crippen molar-refractivity contribution in [1.29, 1.82) is 0 Å². The minimum absolute atomic E-state index is 0.263. The summed E-state index contributed by atoms with van der Waals surface area (Å²) in [6.45, 7) is 4.41. The zero-order valence-corrected chi connectivity index (χ0v) is 12.3. The van der Waals surface area contributed by atoms with Crippen molar-refractivity contribution < 1.29 is 0 Å². The fraction of sp³-hybridized carbons (Fsp3) is 0.389. The Morgan fingerprint density at radius 2 is 1.85 bits per heavy atom. The van der Waals surface area contributed by atoms with Crippen LogP contribution in [0.3, 0.4) is 0 Å². The molecular weight excluding hydrogens is 244 g/mol. The van der Waals surface area contributed by atoms with E-state index in [2.05, 4.69) is 48.4 Å². The molecule has 1 aromatic heterocycles. The van der Waals surface area contributed by atoms with E-state index in [1.807, 2.05) is 18.3 Å². The Morgan fingerprint density at radius 3 is 2.65 bits per heavy atom. The molecule has 0 fully saturated rings. The van der Waals surface area contributed by atoms with Crippen molar-refractivity contribution in [2.75, 3.05) is 0 Å². The van der Waals surface area contributed by atoms with Crippen molar-refractivity contribution in [3.05, 3.63) is 65.0 Å². The highest BCUT2D eigenvalue weighted by atomic mass is 15.0. The van der Waals surface area contributed by atoms with Crippen LogP contribution < -0.4 is 5.32 Å².